The molecule has 0 aliphatic carbocycles. The quantitative estimate of drug-likeness (QED) is 0.609. The molecule has 2 aromatic carbocycles. The molecule has 0 fully saturated rings. The smallest absolute Gasteiger partial charge is 0.340 e. The summed E-state index contributed by atoms with van der Waals surface area (Å²) in [5.41, 5.74) is 2.80. The normalized spacial score (nSPS) is 13.1. The Kier molecular flexibility index (Phi) is 5.89. The summed E-state index contributed by atoms with van der Waals surface area (Å²) in [6, 6.07) is 20.3. The molecular weight excluding hydrogens is 382 g/mol. The van der Waals surface area contributed by atoms with Gasteiger partial charge in [-0.3, -0.25) is 4.79 Å². The van der Waals surface area contributed by atoms with E-state index >= 15 is 0 Å². The van der Waals surface area contributed by atoms with Gasteiger partial charge in [-0.25, -0.2) is 9.80 Å². The maximum Gasteiger partial charge on any atom is 0.340 e. The molecule has 7 heteroatoms. The second kappa shape index (κ2) is 9.09. The van der Waals surface area contributed by atoms with Crippen LogP contribution in [0.15, 0.2) is 82.5 Å². The van der Waals surface area contributed by atoms with Crippen molar-refractivity contribution < 1.29 is 18.7 Å². The summed E-state index contributed by atoms with van der Waals surface area (Å²) >= 11 is 0. The topological polar surface area (TPSA) is 84.1 Å². The van der Waals surface area contributed by atoms with E-state index in [4.69, 9.17) is 9.15 Å². The minimum atomic E-state index is -0.572. The van der Waals surface area contributed by atoms with Crippen molar-refractivity contribution in [1.82, 2.24) is 5.01 Å². The number of furan rings is 1. The molecule has 152 valence electrons. The summed E-state index contributed by atoms with van der Waals surface area (Å²) in [5.74, 6) is -0.179. The van der Waals surface area contributed by atoms with Crippen molar-refractivity contribution in [3.8, 4) is 0 Å². The van der Waals surface area contributed by atoms with E-state index in [9.17, 15) is 9.59 Å². The van der Waals surface area contributed by atoms with E-state index in [1.807, 2.05) is 42.5 Å². The lowest BCUT2D eigenvalue weighted by Crippen LogP contribution is -2.29. The Morgan fingerprint density at radius 3 is 2.63 bits per heavy atom. The molecule has 0 radical (unpaired) electrons. The lowest BCUT2D eigenvalue weighted by molar-refractivity contribution is -0.134. The number of esters is 1. The molecule has 2 heterocycles. The highest BCUT2D eigenvalue weighted by Gasteiger charge is 2.23. The van der Waals surface area contributed by atoms with Crippen molar-refractivity contribution in [2.75, 3.05) is 18.5 Å². The van der Waals surface area contributed by atoms with Gasteiger partial charge in [0.25, 0.3) is 5.91 Å². The number of carbonyl (C=O) groups excluding carboxylic acids is 2. The second-order valence-corrected chi connectivity index (χ2v) is 6.73. The largest absolute Gasteiger partial charge is 0.467 e. The molecule has 4 rings (SSSR count). The molecule has 3 aromatic rings. The molecule has 0 saturated heterocycles. The molecule has 7 nitrogen and oxygen atoms in total. The Balaban J connectivity index is 1.35. The van der Waals surface area contributed by atoms with Crippen molar-refractivity contribution in [3.05, 3.63) is 89.9 Å². The number of nitrogens with zero attached hydrogens (tertiary/aromatic N) is 2. The van der Waals surface area contributed by atoms with Gasteiger partial charge in [0, 0.05) is 12.1 Å². The summed E-state index contributed by atoms with van der Waals surface area (Å²) in [5, 5.41) is 8.88. The fourth-order valence-corrected chi connectivity index (χ4v) is 3.16. The highest BCUT2D eigenvalue weighted by molar-refractivity contribution is 6.03. The van der Waals surface area contributed by atoms with E-state index in [-0.39, 0.29) is 12.5 Å². The van der Waals surface area contributed by atoms with Gasteiger partial charge in [-0.2, -0.15) is 5.10 Å². The van der Waals surface area contributed by atoms with Crippen LogP contribution in [0.25, 0.3) is 0 Å². The van der Waals surface area contributed by atoms with Crippen molar-refractivity contribution in [2.24, 2.45) is 5.10 Å². The van der Waals surface area contributed by atoms with Crippen LogP contribution >= 0.6 is 0 Å². The monoisotopic (exact) mass is 403 g/mol. The van der Waals surface area contributed by atoms with E-state index in [1.54, 1.807) is 30.5 Å². The molecule has 0 bridgehead atoms. The van der Waals surface area contributed by atoms with Gasteiger partial charge in [-0.05, 0) is 29.8 Å². The Labute approximate surface area is 174 Å². The zero-order valence-corrected chi connectivity index (χ0v) is 16.3. The van der Waals surface area contributed by atoms with Gasteiger partial charge in [-0.1, -0.05) is 42.5 Å². The van der Waals surface area contributed by atoms with Crippen LogP contribution < -0.4 is 5.32 Å². The van der Waals surface area contributed by atoms with Gasteiger partial charge < -0.3 is 14.5 Å². The van der Waals surface area contributed by atoms with Gasteiger partial charge in [0.2, 0.25) is 0 Å². The number of benzene rings is 2. The number of rotatable bonds is 7. The predicted octanol–water partition coefficient (Wildman–Crippen LogP) is 3.69. The molecule has 1 aliphatic rings. The Bertz CT molecular complexity index is 1050. The molecule has 1 aromatic heterocycles. The molecule has 0 spiro atoms. The summed E-state index contributed by atoms with van der Waals surface area (Å²) in [6.07, 6.45) is 2.26. The Morgan fingerprint density at radius 2 is 1.83 bits per heavy atom. The minimum absolute atomic E-state index is 0.352. The first-order valence-corrected chi connectivity index (χ1v) is 9.66. The molecule has 1 aliphatic heterocycles. The van der Waals surface area contributed by atoms with Crippen LogP contribution in [0, 0.1) is 0 Å². The predicted molar refractivity (Wildman–Crippen MR) is 112 cm³/mol. The molecule has 0 atom stereocenters. The maximum atomic E-state index is 12.5. The molecule has 0 saturated carbocycles. The number of carbonyl (C=O) groups is 2. The molecule has 30 heavy (non-hydrogen) atoms. The van der Waals surface area contributed by atoms with Gasteiger partial charge in [-0.15, -0.1) is 0 Å². The van der Waals surface area contributed by atoms with Crippen molar-refractivity contribution >= 4 is 23.3 Å². The van der Waals surface area contributed by atoms with Crippen molar-refractivity contribution in [3.63, 3.8) is 0 Å². The molecule has 1 amide bonds. The van der Waals surface area contributed by atoms with E-state index in [0.29, 0.717) is 30.8 Å². The summed E-state index contributed by atoms with van der Waals surface area (Å²) in [4.78, 5) is 25.0. The minimum Gasteiger partial charge on any atom is -0.467 e. The van der Waals surface area contributed by atoms with Gasteiger partial charge in [0.15, 0.2) is 6.61 Å². The van der Waals surface area contributed by atoms with Crippen LogP contribution in [-0.4, -0.2) is 35.7 Å². The number of hydrazone groups is 1. The highest BCUT2D eigenvalue weighted by Crippen LogP contribution is 2.18. The van der Waals surface area contributed by atoms with Crippen LogP contribution in [0.2, 0.25) is 0 Å². The Hall–Kier alpha value is -3.87. The zero-order chi connectivity index (χ0) is 20.8. The first kappa shape index (κ1) is 19.4. The molecule has 0 unspecified atom stereocenters. The van der Waals surface area contributed by atoms with Crippen molar-refractivity contribution in [2.45, 2.75) is 13.0 Å². The van der Waals surface area contributed by atoms with Crippen LogP contribution in [0.3, 0.4) is 0 Å². The van der Waals surface area contributed by atoms with Crippen LogP contribution in [0.5, 0.6) is 0 Å². The van der Waals surface area contributed by atoms with Crippen LogP contribution in [0.4, 0.5) is 5.69 Å². The number of hydrogen-bond acceptors (Lipinski definition) is 6. The fraction of sp³-hybridized carbons (Fsp3) is 0.174. The summed E-state index contributed by atoms with van der Waals surface area (Å²) < 4.78 is 10.5. The third kappa shape index (κ3) is 4.57. The maximum absolute atomic E-state index is 12.5. The zero-order valence-electron chi connectivity index (χ0n) is 16.3. The average molecular weight is 403 g/mol. The SMILES string of the molecule is O=C(OCC(=O)N1CCC(c2ccccc2)=N1)c1ccccc1NCc1ccco1. The van der Waals surface area contributed by atoms with E-state index < -0.39 is 5.97 Å². The third-order valence-corrected chi connectivity index (χ3v) is 4.70. The number of ether oxygens (including phenoxy) is 1. The highest BCUT2D eigenvalue weighted by atomic mass is 16.5. The van der Waals surface area contributed by atoms with Gasteiger partial charge in [0.1, 0.15) is 5.76 Å². The fourth-order valence-electron chi connectivity index (χ4n) is 3.16. The van der Waals surface area contributed by atoms with Gasteiger partial charge in [0.05, 0.1) is 30.6 Å². The standard InChI is InChI=1S/C23H21N3O4/c27-22(26-13-12-20(25-26)17-7-2-1-3-8-17)16-30-23(28)19-10-4-5-11-21(19)24-15-18-9-6-14-29-18/h1-11,14,24H,12-13,15-16H2. The lowest BCUT2D eigenvalue weighted by atomic mass is 10.1. The van der Waals surface area contributed by atoms with E-state index in [0.717, 1.165) is 17.0 Å². The Morgan fingerprint density at radius 1 is 1.03 bits per heavy atom. The number of para-hydroxylation sites is 1. The third-order valence-electron chi connectivity index (χ3n) is 4.70. The van der Waals surface area contributed by atoms with Crippen molar-refractivity contribution in [1.29, 1.82) is 0 Å². The summed E-state index contributed by atoms with van der Waals surface area (Å²) in [7, 11) is 0. The van der Waals surface area contributed by atoms with E-state index in [2.05, 4.69) is 10.4 Å². The summed E-state index contributed by atoms with van der Waals surface area (Å²) in [6.45, 7) is 0.541. The van der Waals surface area contributed by atoms with E-state index in [1.165, 1.54) is 5.01 Å². The molecule has 1 N–H and O–H groups in total. The lowest BCUT2D eigenvalue weighted by Gasteiger charge is -2.13. The first-order valence-electron chi connectivity index (χ1n) is 9.66. The van der Waals surface area contributed by atoms with Gasteiger partial charge >= 0.3 is 5.97 Å². The second-order valence-electron chi connectivity index (χ2n) is 6.73. The number of hydrogen-bond donors (Lipinski definition) is 1. The number of amides is 1. The van der Waals surface area contributed by atoms with Crippen LogP contribution in [-0.2, 0) is 16.1 Å². The first-order chi connectivity index (χ1) is 14.7. The molecular formula is C23H21N3O4. The van der Waals surface area contributed by atoms with Crippen LogP contribution in [0.1, 0.15) is 28.1 Å². The number of nitrogens with one attached hydrogen (secondary N) is 1. The number of anilines is 1. The average Bonchev–Trinajstić information content (AvgIpc) is 3.49.